The summed E-state index contributed by atoms with van der Waals surface area (Å²) in [5, 5.41) is 3.00. The lowest BCUT2D eigenvalue weighted by molar-refractivity contribution is -0.119. The van der Waals surface area contributed by atoms with Crippen molar-refractivity contribution in [2.24, 2.45) is 0 Å². The Labute approximate surface area is 127 Å². The second kappa shape index (κ2) is 7.90. The molecule has 0 fully saturated rings. The van der Waals surface area contributed by atoms with Crippen molar-refractivity contribution >= 4 is 29.4 Å². The van der Waals surface area contributed by atoms with Crippen LogP contribution in [0.15, 0.2) is 23.1 Å². The predicted molar refractivity (Wildman–Crippen MR) is 81.8 cm³/mol. The van der Waals surface area contributed by atoms with Gasteiger partial charge in [-0.1, -0.05) is 12.1 Å². The number of carbonyl (C=O) groups is 1. The van der Waals surface area contributed by atoms with Gasteiger partial charge in [0.1, 0.15) is 5.82 Å². The van der Waals surface area contributed by atoms with Gasteiger partial charge in [-0.05, 0) is 18.1 Å². The summed E-state index contributed by atoms with van der Waals surface area (Å²) in [6.45, 7) is 0.645. The molecule has 1 heterocycles. The Bertz CT molecular complexity index is 470. The summed E-state index contributed by atoms with van der Waals surface area (Å²) in [4.78, 5) is 12.6. The topological polar surface area (TPSA) is 38.3 Å². The van der Waals surface area contributed by atoms with Crippen molar-refractivity contribution in [2.75, 3.05) is 31.0 Å². The molecule has 1 amide bonds. The number of thioether (sulfide) groups is 2. The van der Waals surface area contributed by atoms with Crippen LogP contribution >= 0.6 is 23.5 Å². The average molecular weight is 315 g/mol. The minimum Gasteiger partial charge on any atom is -0.384 e. The third kappa shape index (κ3) is 4.14. The van der Waals surface area contributed by atoms with Crippen LogP contribution in [0.2, 0.25) is 0 Å². The standard InChI is InChI=1S/C14H18FNO2S2/c1-18-6-8-19-9-13(17)16-12-5-7-20-14-10(12)3-2-4-11(14)15/h2-4,12H,5-9H2,1H3,(H,16,17)/t12-/m1/s1. The van der Waals surface area contributed by atoms with Crippen molar-refractivity contribution in [3.05, 3.63) is 29.6 Å². The van der Waals surface area contributed by atoms with Crippen LogP contribution in [0.3, 0.4) is 0 Å². The fourth-order valence-electron chi connectivity index (χ4n) is 2.08. The molecule has 0 aromatic heterocycles. The molecule has 1 N–H and O–H groups in total. The number of amides is 1. The number of hydrogen-bond donors (Lipinski definition) is 1. The highest BCUT2D eigenvalue weighted by molar-refractivity contribution is 8.00. The van der Waals surface area contributed by atoms with E-state index in [9.17, 15) is 9.18 Å². The van der Waals surface area contributed by atoms with Crippen LogP contribution in [0, 0.1) is 5.82 Å². The van der Waals surface area contributed by atoms with Gasteiger partial charge in [0.15, 0.2) is 0 Å². The van der Waals surface area contributed by atoms with E-state index in [0.29, 0.717) is 17.3 Å². The van der Waals surface area contributed by atoms with Crippen LogP contribution in [0.5, 0.6) is 0 Å². The van der Waals surface area contributed by atoms with Gasteiger partial charge < -0.3 is 10.1 Å². The Morgan fingerprint density at radius 3 is 3.25 bits per heavy atom. The summed E-state index contributed by atoms with van der Waals surface area (Å²) in [7, 11) is 1.64. The molecule has 0 aliphatic carbocycles. The van der Waals surface area contributed by atoms with Gasteiger partial charge in [0.05, 0.1) is 18.4 Å². The summed E-state index contributed by atoms with van der Waals surface area (Å²) in [6.07, 6.45) is 0.843. The number of ether oxygens (including phenoxy) is 1. The molecule has 0 spiro atoms. The Morgan fingerprint density at radius 2 is 2.45 bits per heavy atom. The molecular formula is C14H18FNO2S2. The third-order valence-electron chi connectivity index (χ3n) is 3.03. The maximum Gasteiger partial charge on any atom is 0.230 e. The summed E-state index contributed by atoms with van der Waals surface area (Å²) in [5.41, 5.74) is 0.900. The van der Waals surface area contributed by atoms with Crippen LogP contribution in [-0.2, 0) is 9.53 Å². The summed E-state index contributed by atoms with van der Waals surface area (Å²) < 4.78 is 18.7. The summed E-state index contributed by atoms with van der Waals surface area (Å²) >= 11 is 3.07. The molecule has 0 saturated heterocycles. The minimum absolute atomic E-state index is 0.00165. The SMILES string of the molecule is COCCSCC(=O)N[C@@H]1CCSc2c(F)cccc21. The number of hydrogen-bond acceptors (Lipinski definition) is 4. The minimum atomic E-state index is -0.194. The molecule has 1 aliphatic rings. The number of carbonyl (C=O) groups excluding carboxylic acids is 1. The molecule has 6 heteroatoms. The second-order valence-corrected chi connectivity index (χ2v) is 6.67. The van der Waals surface area contributed by atoms with Crippen LogP contribution in [0.4, 0.5) is 4.39 Å². The van der Waals surface area contributed by atoms with Gasteiger partial charge in [-0.15, -0.1) is 23.5 Å². The summed E-state index contributed by atoms with van der Waals surface area (Å²) in [6, 6.07) is 4.99. The van der Waals surface area contributed by atoms with Crippen LogP contribution in [0.25, 0.3) is 0 Å². The van der Waals surface area contributed by atoms with Gasteiger partial charge in [0.25, 0.3) is 0 Å². The van der Waals surface area contributed by atoms with Gasteiger partial charge >= 0.3 is 0 Å². The quantitative estimate of drug-likeness (QED) is 0.819. The Kier molecular flexibility index (Phi) is 6.19. The highest BCUT2D eigenvalue weighted by Crippen LogP contribution is 2.37. The van der Waals surface area contributed by atoms with E-state index in [1.165, 1.54) is 17.8 Å². The molecule has 20 heavy (non-hydrogen) atoms. The normalized spacial score (nSPS) is 17.6. The number of halogens is 1. The molecule has 1 aliphatic heterocycles. The summed E-state index contributed by atoms with van der Waals surface area (Å²) in [5.74, 6) is 1.85. The van der Waals surface area contributed by atoms with Crippen molar-refractivity contribution in [1.82, 2.24) is 5.32 Å². The fourth-order valence-corrected chi connectivity index (χ4v) is 3.92. The molecule has 0 unspecified atom stereocenters. The third-order valence-corrected chi connectivity index (χ3v) is 5.11. The van der Waals surface area contributed by atoms with Gasteiger partial charge in [0.2, 0.25) is 5.91 Å². The number of rotatable bonds is 6. The molecule has 2 rings (SSSR count). The first-order chi connectivity index (χ1) is 9.72. The van der Waals surface area contributed by atoms with Crippen molar-refractivity contribution in [3.63, 3.8) is 0 Å². The molecule has 3 nitrogen and oxygen atoms in total. The number of fused-ring (bicyclic) bond motifs is 1. The average Bonchev–Trinajstić information content (AvgIpc) is 2.45. The molecule has 0 radical (unpaired) electrons. The zero-order valence-corrected chi connectivity index (χ0v) is 13.0. The Balaban J connectivity index is 1.91. The number of nitrogens with one attached hydrogen (secondary N) is 1. The van der Waals surface area contributed by atoms with Crippen LogP contribution in [-0.4, -0.2) is 36.9 Å². The lowest BCUT2D eigenvalue weighted by atomic mass is 10.0. The first kappa shape index (κ1) is 15.7. The first-order valence-electron chi connectivity index (χ1n) is 6.49. The number of benzene rings is 1. The second-order valence-electron chi connectivity index (χ2n) is 4.46. The van der Waals surface area contributed by atoms with Crippen LogP contribution in [0.1, 0.15) is 18.0 Å². The van der Waals surface area contributed by atoms with Crippen molar-refractivity contribution in [2.45, 2.75) is 17.4 Å². The smallest absolute Gasteiger partial charge is 0.230 e. The van der Waals surface area contributed by atoms with Gasteiger partial charge in [-0.3, -0.25) is 4.79 Å². The predicted octanol–water partition coefficient (Wildman–Crippen LogP) is 2.86. The van der Waals surface area contributed by atoms with E-state index in [4.69, 9.17) is 4.74 Å². The zero-order chi connectivity index (χ0) is 14.4. The van der Waals surface area contributed by atoms with E-state index in [1.807, 2.05) is 6.07 Å². The van der Waals surface area contributed by atoms with Gasteiger partial charge in [-0.25, -0.2) is 4.39 Å². The lowest BCUT2D eigenvalue weighted by Gasteiger charge is -2.26. The molecule has 1 aromatic carbocycles. The van der Waals surface area contributed by atoms with Crippen molar-refractivity contribution in [1.29, 1.82) is 0 Å². The Morgan fingerprint density at radius 1 is 1.60 bits per heavy atom. The molecule has 0 saturated carbocycles. The zero-order valence-electron chi connectivity index (χ0n) is 11.4. The molecule has 1 atom stereocenters. The van der Waals surface area contributed by atoms with E-state index in [2.05, 4.69) is 5.32 Å². The number of methoxy groups -OCH3 is 1. The first-order valence-corrected chi connectivity index (χ1v) is 8.63. The lowest BCUT2D eigenvalue weighted by Crippen LogP contribution is -2.32. The maximum atomic E-state index is 13.7. The fraction of sp³-hybridized carbons (Fsp3) is 0.500. The van der Waals surface area contributed by atoms with E-state index in [1.54, 1.807) is 24.9 Å². The highest BCUT2D eigenvalue weighted by atomic mass is 32.2. The van der Waals surface area contributed by atoms with Crippen molar-refractivity contribution in [3.8, 4) is 0 Å². The maximum absolute atomic E-state index is 13.7. The highest BCUT2D eigenvalue weighted by Gasteiger charge is 2.24. The van der Waals surface area contributed by atoms with Crippen LogP contribution < -0.4 is 5.32 Å². The van der Waals surface area contributed by atoms with E-state index < -0.39 is 0 Å². The molecule has 1 aromatic rings. The van der Waals surface area contributed by atoms with E-state index in [-0.39, 0.29) is 17.8 Å². The monoisotopic (exact) mass is 315 g/mol. The largest absolute Gasteiger partial charge is 0.384 e. The Hall–Kier alpha value is -0.720. The van der Waals surface area contributed by atoms with Gasteiger partial charge in [0, 0.05) is 23.5 Å². The van der Waals surface area contributed by atoms with Gasteiger partial charge in [-0.2, -0.15) is 0 Å². The molecular weight excluding hydrogens is 297 g/mol. The van der Waals surface area contributed by atoms with Crippen molar-refractivity contribution < 1.29 is 13.9 Å². The van der Waals surface area contributed by atoms with E-state index in [0.717, 1.165) is 23.5 Å². The molecule has 110 valence electrons. The molecule has 0 bridgehead atoms. The van der Waals surface area contributed by atoms with E-state index >= 15 is 0 Å².